The van der Waals surface area contributed by atoms with Crippen molar-refractivity contribution in [2.24, 2.45) is 0 Å². The monoisotopic (exact) mass is 740 g/mol. The van der Waals surface area contributed by atoms with Crippen LogP contribution < -0.4 is 4.74 Å². The molecule has 0 radical (unpaired) electrons. The van der Waals surface area contributed by atoms with Crippen molar-refractivity contribution in [1.82, 2.24) is 15.0 Å². The lowest BCUT2D eigenvalue weighted by atomic mass is 9.66. The molecule has 2 aliphatic rings. The largest absolute Gasteiger partial charge is 0.457 e. The number of ether oxygens (including phenoxy) is 1. The third kappa shape index (κ3) is 5.13. The summed E-state index contributed by atoms with van der Waals surface area (Å²) in [5.74, 6) is 3.49. The average molecular weight is 741 g/mol. The molecule has 1 aliphatic carbocycles. The fourth-order valence-electron chi connectivity index (χ4n) is 8.96. The van der Waals surface area contributed by atoms with Gasteiger partial charge in [-0.15, -0.1) is 0 Å². The summed E-state index contributed by atoms with van der Waals surface area (Å²) in [6.45, 7) is 0. The van der Waals surface area contributed by atoms with E-state index in [2.05, 4.69) is 103 Å². The van der Waals surface area contributed by atoms with Gasteiger partial charge < -0.3 is 4.74 Å². The van der Waals surface area contributed by atoms with Gasteiger partial charge in [-0.3, -0.25) is 0 Å². The van der Waals surface area contributed by atoms with Crippen molar-refractivity contribution in [3.05, 3.63) is 222 Å². The maximum Gasteiger partial charge on any atom is 0.164 e. The summed E-state index contributed by atoms with van der Waals surface area (Å²) in [5.41, 5.74) is 13.3. The van der Waals surface area contributed by atoms with Crippen molar-refractivity contribution in [3.8, 4) is 85.1 Å². The summed E-state index contributed by atoms with van der Waals surface area (Å²) in [6.07, 6.45) is 0. The van der Waals surface area contributed by atoms with Gasteiger partial charge >= 0.3 is 0 Å². The van der Waals surface area contributed by atoms with Gasteiger partial charge in [-0.2, -0.15) is 5.26 Å². The highest BCUT2D eigenvalue weighted by atomic mass is 16.5. The highest BCUT2D eigenvalue weighted by Crippen LogP contribution is 2.63. The van der Waals surface area contributed by atoms with Crippen LogP contribution >= 0.6 is 0 Å². The Kier molecular flexibility index (Phi) is 7.70. The van der Waals surface area contributed by atoms with E-state index in [1.807, 2.05) is 97.1 Å². The molecule has 11 rings (SSSR count). The van der Waals surface area contributed by atoms with Gasteiger partial charge in [0.25, 0.3) is 0 Å². The number of nitriles is 1. The predicted molar refractivity (Wildman–Crippen MR) is 229 cm³/mol. The number of aromatic nitrogens is 3. The van der Waals surface area contributed by atoms with E-state index in [4.69, 9.17) is 19.7 Å². The minimum absolute atomic E-state index is 0.606. The Labute approximate surface area is 336 Å². The zero-order valence-electron chi connectivity index (χ0n) is 31.2. The van der Waals surface area contributed by atoms with E-state index in [0.29, 0.717) is 23.0 Å². The van der Waals surface area contributed by atoms with Crippen LogP contribution in [0.5, 0.6) is 11.5 Å². The van der Waals surface area contributed by atoms with Crippen LogP contribution in [0.3, 0.4) is 0 Å². The molecule has 8 aromatic carbocycles. The van der Waals surface area contributed by atoms with Crippen LogP contribution in [0.25, 0.3) is 67.5 Å². The first-order valence-corrected chi connectivity index (χ1v) is 19.3. The summed E-state index contributed by atoms with van der Waals surface area (Å²) in [6, 6.07) is 69.0. The Bertz CT molecular complexity index is 3010. The molecule has 5 heteroatoms. The summed E-state index contributed by atoms with van der Waals surface area (Å²) in [5, 5.41) is 10.7. The van der Waals surface area contributed by atoms with Crippen molar-refractivity contribution in [3.63, 3.8) is 0 Å². The topological polar surface area (TPSA) is 71.7 Å². The van der Waals surface area contributed by atoms with Crippen LogP contribution in [0, 0.1) is 11.3 Å². The molecule has 0 saturated heterocycles. The van der Waals surface area contributed by atoms with Crippen molar-refractivity contribution >= 4 is 0 Å². The molecule has 270 valence electrons. The fourth-order valence-corrected chi connectivity index (χ4v) is 8.96. The SMILES string of the molecule is N#Cc1cccc2c1-c1c(-c3cccc(-c4cccc(-c5nc(-c6ccccc6)nc(-c6ccccc6)n5)c4)c3)cccc1C21c2ccccc2Oc2ccccc21. The molecule has 1 aliphatic heterocycles. The van der Waals surface area contributed by atoms with Crippen LogP contribution in [0.4, 0.5) is 0 Å². The van der Waals surface area contributed by atoms with Crippen molar-refractivity contribution in [2.75, 3.05) is 0 Å². The molecule has 0 saturated carbocycles. The quantitative estimate of drug-likeness (QED) is 0.176. The van der Waals surface area contributed by atoms with Gasteiger partial charge in [-0.1, -0.05) is 164 Å². The molecule has 9 aromatic rings. The van der Waals surface area contributed by atoms with Gasteiger partial charge in [0, 0.05) is 33.4 Å². The van der Waals surface area contributed by atoms with E-state index in [0.717, 1.165) is 83.8 Å². The van der Waals surface area contributed by atoms with Crippen molar-refractivity contribution in [1.29, 1.82) is 5.26 Å². The standard InChI is InChI=1S/C53H32N4O/c54-33-40-23-13-27-44-48(40)49-41(24-14-28-45(49)53(44)42-25-7-9-29-46(42)58-47-30-10-8-26-43(47)53)38-21-11-19-36(31-38)37-20-12-22-39(32-37)52-56-50(34-15-3-1-4-16-34)55-51(57-52)35-17-5-2-6-18-35/h1-32H. The lowest BCUT2D eigenvalue weighted by molar-refractivity contribution is 0.436. The molecule has 0 N–H and O–H groups in total. The molecule has 5 nitrogen and oxygen atoms in total. The van der Waals surface area contributed by atoms with E-state index in [1.165, 1.54) is 0 Å². The second-order valence-corrected chi connectivity index (χ2v) is 14.6. The van der Waals surface area contributed by atoms with Crippen LogP contribution in [-0.4, -0.2) is 15.0 Å². The van der Waals surface area contributed by atoms with Crippen LogP contribution in [0.2, 0.25) is 0 Å². The number of hydrogen-bond donors (Lipinski definition) is 0. The molecule has 0 unspecified atom stereocenters. The summed E-state index contributed by atoms with van der Waals surface area (Å²) >= 11 is 0. The number of para-hydroxylation sites is 2. The average Bonchev–Trinajstić information content (AvgIpc) is 3.60. The molecular weight excluding hydrogens is 709 g/mol. The van der Waals surface area contributed by atoms with Gasteiger partial charge in [-0.25, -0.2) is 15.0 Å². The number of benzene rings is 8. The maximum absolute atomic E-state index is 10.7. The second-order valence-electron chi connectivity index (χ2n) is 14.6. The van der Waals surface area contributed by atoms with E-state index in [1.54, 1.807) is 0 Å². The summed E-state index contributed by atoms with van der Waals surface area (Å²) in [7, 11) is 0. The number of hydrogen-bond acceptors (Lipinski definition) is 5. The van der Waals surface area contributed by atoms with E-state index < -0.39 is 5.41 Å². The van der Waals surface area contributed by atoms with Gasteiger partial charge in [0.05, 0.1) is 17.0 Å². The second kappa shape index (κ2) is 13.4. The number of rotatable bonds is 5. The van der Waals surface area contributed by atoms with Crippen molar-refractivity contribution < 1.29 is 4.74 Å². The fraction of sp³-hybridized carbons (Fsp3) is 0.0189. The molecule has 2 heterocycles. The third-order valence-corrected chi connectivity index (χ3v) is 11.4. The first-order valence-electron chi connectivity index (χ1n) is 19.3. The smallest absolute Gasteiger partial charge is 0.164 e. The van der Waals surface area contributed by atoms with Crippen LogP contribution in [-0.2, 0) is 5.41 Å². The zero-order valence-corrected chi connectivity index (χ0v) is 31.2. The Hall–Kier alpha value is -7.94. The summed E-state index contributed by atoms with van der Waals surface area (Å²) < 4.78 is 6.55. The molecule has 0 amide bonds. The molecule has 1 aromatic heterocycles. The predicted octanol–water partition coefficient (Wildman–Crippen LogP) is 12.5. The molecular formula is C53H32N4O. The zero-order chi connectivity index (χ0) is 38.6. The van der Waals surface area contributed by atoms with Gasteiger partial charge in [0.2, 0.25) is 0 Å². The number of nitrogens with zero attached hydrogens (tertiary/aromatic N) is 4. The normalized spacial score (nSPS) is 12.7. The Balaban J connectivity index is 1.07. The van der Waals surface area contributed by atoms with E-state index in [9.17, 15) is 5.26 Å². The molecule has 0 atom stereocenters. The molecule has 58 heavy (non-hydrogen) atoms. The maximum atomic E-state index is 10.7. The molecule has 0 fully saturated rings. The van der Waals surface area contributed by atoms with Gasteiger partial charge in [0.15, 0.2) is 17.5 Å². The Morgan fingerprint density at radius 2 is 0.810 bits per heavy atom. The minimum atomic E-state index is -0.674. The van der Waals surface area contributed by atoms with Gasteiger partial charge in [-0.05, 0) is 69.3 Å². The highest BCUT2D eigenvalue weighted by molar-refractivity contribution is 5.99. The third-order valence-electron chi connectivity index (χ3n) is 11.4. The van der Waals surface area contributed by atoms with Gasteiger partial charge in [0.1, 0.15) is 11.5 Å². The van der Waals surface area contributed by atoms with Crippen molar-refractivity contribution in [2.45, 2.75) is 5.41 Å². The Morgan fingerprint density at radius 3 is 1.41 bits per heavy atom. The first kappa shape index (κ1) is 33.4. The van der Waals surface area contributed by atoms with Crippen LogP contribution in [0.1, 0.15) is 27.8 Å². The lowest BCUT2D eigenvalue weighted by Gasteiger charge is -2.39. The molecule has 0 bridgehead atoms. The summed E-state index contributed by atoms with van der Waals surface area (Å²) in [4.78, 5) is 14.9. The highest BCUT2D eigenvalue weighted by Gasteiger charge is 2.52. The Morgan fingerprint density at radius 1 is 0.379 bits per heavy atom. The number of fused-ring (bicyclic) bond motifs is 9. The molecule has 1 spiro atoms. The van der Waals surface area contributed by atoms with E-state index in [-0.39, 0.29) is 0 Å². The van der Waals surface area contributed by atoms with E-state index >= 15 is 0 Å². The van der Waals surface area contributed by atoms with Crippen LogP contribution in [0.15, 0.2) is 194 Å². The lowest BCUT2D eigenvalue weighted by Crippen LogP contribution is -2.32. The minimum Gasteiger partial charge on any atom is -0.457 e. The first-order chi connectivity index (χ1) is 28.7.